The first kappa shape index (κ1) is 12.4. The maximum absolute atomic E-state index is 4.92. The zero-order chi connectivity index (χ0) is 11.0. The van der Waals surface area contributed by atoms with Crippen molar-refractivity contribution in [1.29, 1.82) is 0 Å². The fourth-order valence-electron chi connectivity index (χ4n) is 2.72. The predicted molar refractivity (Wildman–Crippen MR) is 67.1 cm³/mol. The van der Waals surface area contributed by atoms with Crippen molar-refractivity contribution in [1.82, 2.24) is 4.90 Å². The molecule has 1 nitrogen and oxygen atoms in total. The largest absolute Gasteiger partial charge is 0.300 e. The van der Waals surface area contributed by atoms with Gasteiger partial charge in [-0.3, -0.25) is 4.90 Å². The predicted octanol–water partition coefficient (Wildman–Crippen LogP) is 3.21. The van der Waals surface area contributed by atoms with Crippen LogP contribution in [0.1, 0.15) is 47.0 Å². The van der Waals surface area contributed by atoms with Crippen molar-refractivity contribution in [3.63, 3.8) is 0 Å². The lowest BCUT2D eigenvalue weighted by atomic mass is 9.79. The number of thiol groups is 1. The summed E-state index contributed by atoms with van der Waals surface area (Å²) in [6.45, 7) is 10.5. The molecular formula is C12H25NS. The van der Waals surface area contributed by atoms with Crippen LogP contribution in [-0.4, -0.2) is 28.8 Å². The van der Waals surface area contributed by atoms with E-state index in [0.29, 0.717) is 0 Å². The summed E-state index contributed by atoms with van der Waals surface area (Å²) in [5, 5.41) is 0. The molecule has 0 amide bonds. The van der Waals surface area contributed by atoms with E-state index in [1.54, 1.807) is 0 Å². The van der Waals surface area contributed by atoms with Gasteiger partial charge in [0.25, 0.3) is 0 Å². The average Bonchev–Trinajstić information content (AvgIpc) is 2.17. The van der Waals surface area contributed by atoms with Crippen LogP contribution in [-0.2, 0) is 0 Å². The van der Waals surface area contributed by atoms with E-state index in [-0.39, 0.29) is 10.3 Å². The lowest BCUT2D eigenvalue weighted by molar-refractivity contribution is 0.106. The Morgan fingerprint density at radius 3 is 2.50 bits per heavy atom. The fourth-order valence-corrected chi connectivity index (χ4v) is 3.36. The summed E-state index contributed by atoms with van der Waals surface area (Å²) in [6, 6.07) is 0. The van der Waals surface area contributed by atoms with E-state index in [1.165, 1.54) is 25.8 Å². The third-order valence-corrected chi connectivity index (χ3v) is 5.06. The van der Waals surface area contributed by atoms with E-state index in [4.69, 9.17) is 12.6 Å². The van der Waals surface area contributed by atoms with Gasteiger partial charge in [0.15, 0.2) is 0 Å². The molecule has 2 heteroatoms. The first-order valence-corrected chi connectivity index (χ1v) is 6.22. The van der Waals surface area contributed by atoms with Crippen molar-refractivity contribution < 1.29 is 0 Å². The number of hydrogen-bond acceptors (Lipinski definition) is 2. The molecule has 0 aromatic heterocycles. The summed E-state index contributed by atoms with van der Waals surface area (Å²) in [5.41, 5.74) is 0.237. The van der Waals surface area contributed by atoms with Crippen LogP contribution in [0.3, 0.4) is 0 Å². The molecule has 3 unspecified atom stereocenters. The van der Waals surface area contributed by atoms with Crippen LogP contribution < -0.4 is 0 Å². The Kier molecular flexibility index (Phi) is 3.58. The third-order valence-electron chi connectivity index (χ3n) is 4.39. The summed E-state index contributed by atoms with van der Waals surface area (Å²) in [6.07, 6.45) is 3.71. The molecule has 14 heavy (non-hydrogen) atoms. The van der Waals surface area contributed by atoms with E-state index in [1.807, 2.05) is 0 Å². The molecule has 0 aromatic carbocycles. The number of likely N-dealkylation sites (tertiary alicyclic amines) is 1. The van der Waals surface area contributed by atoms with Crippen LogP contribution in [0, 0.1) is 5.92 Å². The Hall–Kier alpha value is 0.310. The maximum Gasteiger partial charge on any atom is 0.0317 e. The van der Waals surface area contributed by atoms with Gasteiger partial charge in [-0.2, -0.15) is 12.6 Å². The SMILES string of the molecule is CCC1(C)N(C)CCC(C)CC1(C)S. The Morgan fingerprint density at radius 2 is 2.00 bits per heavy atom. The molecule has 1 saturated heterocycles. The minimum absolute atomic E-state index is 0.131. The van der Waals surface area contributed by atoms with Crippen LogP contribution in [0.25, 0.3) is 0 Å². The molecule has 0 aliphatic carbocycles. The Bertz CT molecular complexity index is 202. The first-order valence-electron chi connectivity index (χ1n) is 5.77. The van der Waals surface area contributed by atoms with Crippen LogP contribution in [0.4, 0.5) is 0 Å². The van der Waals surface area contributed by atoms with Gasteiger partial charge in [-0.05, 0) is 52.6 Å². The minimum atomic E-state index is 0.131. The molecule has 1 rings (SSSR count). The van der Waals surface area contributed by atoms with Crippen LogP contribution in [0.15, 0.2) is 0 Å². The summed E-state index contributed by atoms with van der Waals surface area (Å²) in [4.78, 5) is 2.50. The highest BCUT2D eigenvalue weighted by molar-refractivity contribution is 7.81. The standard InChI is InChI=1S/C12H25NS/c1-6-11(3)12(4,14)9-10(2)7-8-13(11)5/h10,14H,6-9H2,1-5H3. The molecular weight excluding hydrogens is 190 g/mol. The second-order valence-electron chi connectivity index (χ2n) is 5.42. The normalized spacial score (nSPS) is 46.3. The smallest absolute Gasteiger partial charge is 0.0317 e. The van der Waals surface area contributed by atoms with Gasteiger partial charge < -0.3 is 0 Å². The Morgan fingerprint density at radius 1 is 1.43 bits per heavy atom. The quantitative estimate of drug-likeness (QED) is 0.657. The minimum Gasteiger partial charge on any atom is -0.300 e. The molecule has 0 radical (unpaired) electrons. The maximum atomic E-state index is 4.92. The monoisotopic (exact) mass is 215 g/mol. The van der Waals surface area contributed by atoms with Crippen molar-refractivity contribution >= 4 is 12.6 Å². The average molecular weight is 215 g/mol. The van der Waals surface area contributed by atoms with Gasteiger partial charge in [0.2, 0.25) is 0 Å². The first-order chi connectivity index (χ1) is 6.33. The van der Waals surface area contributed by atoms with Crippen LogP contribution in [0.5, 0.6) is 0 Å². The fraction of sp³-hybridized carbons (Fsp3) is 1.00. The van der Waals surface area contributed by atoms with Gasteiger partial charge in [0.05, 0.1) is 0 Å². The second kappa shape index (κ2) is 4.05. The lowest BCUT2D eigenvalue weighted by Crippen LogP contribution is -2.55. The van der Waals surface area contributed by atoms with Gasteiger partial charge in [-0.25, -0.2) is 0 Å². The van der Waals surface area contributed by atoms with Crippen molar-refractivity contribution in [3.8, 4) is 0 Å². The molecule has 0 spiro atoms. The number of rotatable bonds is 1. The molecule has 0 N–H and O–H groups in total. The van der Waals surface area contributed by atoms with Crippen molar-refractivity contribution in [2.45, 2.75) is 57.2 Å². The molecule has 1 aliphatic rings. The molecule has 1 aliphatic heterocycles. The van der Waals surface area contributed by atoms with E-state index >= 15 is 0 Å². The van der Waals surface area contributed by atoms with Crippen molar-refractivity contribution in [2.75, 3.05) is 13.6 Å². The van der Waals surface area contributed by atoms with Gasteiger partial charge >= 0.3 is 0 Å². The molecule has 0 saturated carbocycles. The molecule has 0 bridgehead atoms. The Labute approximate surface area is 94.7 Å². The van der Waals surface area contributed by atoms with Gasteiger partial charge in [-0.1, -0.05) is 13.8 Å². The van der Waals surface area contributed by atoms with Crippen LogP contribution in [0.2, 0.25) is 0 Å². The number of nitrogens with zero attached hydrogens (tertiary/aromatic N) is 1. The Balaban J connectivity index is 2.97. The van der Waals surface area contributed by atoms with Gasteiger partial charge in [-0.15, -0.1) is 0 Å². The van der Waals surface area contributed by atoms with Gasteiger partial charge in [0, 0.05) is 10.3 Å². The third kappa shape index (κ3) is 1.96. The van der Waals surface area contributed by atoms with Crippen molar-refractivity contribution in [3.05, 3.63) is 0 Å². The summed E-state index contributed by atoms with van der Waals surface area (Å²) in [7, 11) is 2.25. The molecule has 1 heterocycles. The summed E-state index contributed by atoms with van der Waals surface area (Å²) < 4.78 is 0.131. The zero-order valence-corrected chi connectivity index (χ0v) is 11.2. The zero-order valence-electron chi connectivity index (χ0n) is 10.3. The van der Waals surface area contributed by atoms with Crippen molar-refractivity contribution in [2.24, 2.45) is 5.92 Å². The highest BCUT2D eigenvalue weighted by atomic mass is 32.1. The van der Waals surface area contributed by atoms with Crippen LogP contribution >= 0.6 is 12.6 Å². The van der Waals surface area contributed by atoms with E-state index in [0.717, 1.165) is 5.92 Å². The van der Waals surface area contributed by atoms with E-state index in [9.17, 15) is 0 Å². The highest BCUT2D eigenvalue weighted by Gasteiger charge is 2.45. The topological polar surface area (TPSA) is 3.24 Å². The lowest BCUT2D eigenvalue weighted by Gasteiger charge is -2.48. The number of hydrogen-bond donors (Lipinski definition) is 1. The van der Waals surface area contributed by atoms with E-state index < -0.39 is 0 Å². The molecule has 84 valence electrons. The molecule has 3 atom stereocenters. The molecule has 0 aromatic rings. The van der Waals surface area contributed by atoms with E-state index in [2.05, 4.69) is 39.6 Å². The molecule has 1 fully saturated rings. The second-order valence-corrected chi connectivity index (χ2v) is 6.41. The highest BCUT2D eigenvalue weighted by Crippen LogP contribution is 2.43. The van der Waals surface area contributed by atoms with Gasteiger partial charge in [0.1, 0.15) is 0 Å². The summed E-state index contributed by atoms with van der Waals surface area (Å²) >= 11 is 4.92. The summed E-state index contributed by atoms with van der Waals surface area (Å²) in [5.74, 6) is 0.799.